The molecule has 2 N–H and O–H groups in total. The van der Waals surface area contributed by atoms with E-state index in [-0.39, 0.29) is 0 Å². The number of hydrogen-bond acceptors (Lipinski definition) is 7. The third-order valence-electron chi connectivity index (χ3n) is 1.89. The summed E-state index contributed by atoms with van der Waals surface area (Å²) in [6.45, 7) is 2.21. The summed E-state index contributed by atoms with van der Waals surface area (Å²) < 4.78 is 4.85. The number of aromatic nitrogens is 4. The highest BCUT2D eigenvalue weighted by Crippen LogP contribution is 2.06. The largest absolute Gasteiger partial charge is 0.372 e. The van der Waals surface area contributed by atoms with Gasteiger partial charge in [-0.2, -0.15) is 4.98 Å². The minimum atomic E-state index is 0.458. The zero-order valence-electron chi connectivity index (χ0n) is 9.06. The fourth-order valence-electron chi connectivity index (χ4n) is 1.15. The van der Waals surface area contributed by atoms with E-state index in [0.717, 1.165) is 0 Å². The molecule has 0 radical (unpaired) electrons. The van der Waals surface area contributed by atoms with Gasteiger partial charge in [0.25, 0.3) is 0 Å². The van der Waals surface area contributed by atoms with Crippen molar-refractivity contribution in [3.8, 4) is 0 Å². The molecule has 0 spiro atoms. The molecular weight excluding hydrogens is 208 g/mol. The summed E-state index contributed by atoms with van der Waals surface area (Å²) in [5.74, 6) is 2.50. The summed E-state index contributed by atoms with van der Waals surface area (Å²) in [5, 5.41) is 9.72. The van der Waals surface area contributed by atoms with Crippen molar-refractivity contribution in [3.63, 3.8) is 0 Å². The fourth-order valence-corrected chi connectivity index (χ4v) is 1.15. The standard InChI is InChI=1S/C9H12N6O/c1-6-13-9(15-16-6)5-12-8-4-11-3-7(10-2)14-8/h3-4H,5H2,1-2H3,(H2,10,12,14). The van der Waals surface area contributed by atoms with Gasteiger partial charge in [0.15, 0.2) is 5.82 Å². The van der Waals surface area contributed by atoms with Crippen molar-refractivity contribution in [2.45, 2.75) is 13.5 Å². The summed E-state index contributed by atoms with van der Waals surface area (Å²) in [4.78, 5) is 12.3. The lowest BCUT2D eigenvalue weighted by Crippen LogP contribution is -2.04. The zero-order chi connectivity index (χ0) is 11.4. The predicted octanol–water partition coefficient (Wildman–Crippen LogP) is 0.822. The molecule has 2 aromatic heterocycles. The van der Waals surface area contributed by atoms with Crippen molar-refractivity contribution in [2.24, 2.45) is 0 Å². The lowest BCUT2D eigenvalue weighted by atomic mass is 10.5. The molecule has 0 bridgehead atoms. The molecule has 0 aliphatic carbocycles. The van der Waals surface area contributed by atoms with Gasteiger partial charge in [0.05, 0.1) is 18.9 Å². The van der Waals surface area contributed by atoms with E-state index in [0.29, 0.717) is 29.9 Å². The summed E-state index contributed by atoms with van der Waals surface area (Å²) in [5.41, 5.74) is 0. The first-order valence-corrected chi connectivity index (χ1v) is 4.81. The lowest BCUT2D eigenvalue weighted by Gasteiger charge is -2.03. The molecule has 7 nitrogen and oxygen atoms in total. The van der Waals surface area contributed by atoms with Gasteiger partial charge in [-0.05, 0) is 0 Å². The lowest BCUT2D eigenvalue weighted by molar-refractivity contribution is 0.388. The van der Waals surface area contributed by atoms with Gasteiger partial charge in [-0.3, -0.25) is 4.98 Å². The van der Waals surface area contributed by atoms with Crippen LogP contribution in [-0.4, -0.2) is 27.2 Å². The van der Waals surface area contributed by atoms with E-state index in [1.54, 1.807) is 26.4 Å². The van der Waals surface area contributed by atoms with Gasteiger partial charge in [0.2, 0.25) is 5.89 Å². The van der Waals surface area contributed by atoms with Crippen LogP contribution in [0, 0.1) is 6.92 Å². The number of hydrogen-bond donors (Lipinski definition) is 2. The first-order valence-electron chi connectivity index (χ1n) is 4.81. The minimum absolute atomic E-state index is 0.458. The third kappa shape index (κ3) is 2.44. The maximum atomic E-state index is 4.85. The molecule has 0 aliphatic heterocycles. The topological polar surface area (TPSA) is 88.8 Å². The average Bonchev–Trinajstić information content (AvgIpc) is 2.73. The normalized spacial score (nSPS) is 10.1. The Morgan fingerprint density at radius 1 is 1.25 bits per heavy atom. The number of rotatable bonds is 4. The number of anilines is 2. The van der Waals surface area contributed by atoms with E-state index in [4.69, 9.17) is 4.52 Å². The van der Waals surface area contributed by atoms with E-state index in [9.17, 15) is 0 Å². The quantitative estimate of drug-likeness (QED) is 0.788. The van der Waals surface area contributed by atoms with Crippen LogP contribution in [0.4, 0.5) is 11.6 Å². The summed E-state index contributed by atoms with van der Waals surface area (Å²) in [6, 6.07) is 0. The highest BCUT2D eigenvalue weighted by Gasteiger charge is 2.02. The van der Waals surface area contributed by atoms with Crippen molar-refractivity contribution in [1.82, 2.24) is 20.1 Å². The molecule has 0 saturated carbocycles. The van der Waals surface area contributed by atoms with E-state index < -0.39 is 0 Å². The van der Waals surface area contributed by atoms with Crippen LogP contribution < -0.4 is 10.6 Å². The monoisotopic (exact) mass is 220 g/mol. The molecule has 16 heavy (non-hydrogen) atoms. The number of nitrogens with zero attached hydrogens (tertiary/aromatic N) is 4. The van der Waals surface area contributed by atoms with Crippen LogP contribution in [0.15, 0.2) is 16.9 Å². The molecule has 0 aliphatic rings. The van der Waals surface area contributed by atoms with E-state index >= 15 is 0 Å². The first-order chi connectivity index (χ1) is 7.78. The molecule has 2 rings (SSSR count). The molecule has 2 aromatic rings. The molecule has 0 saturated heterocycles. The second kappa shape index (κ2) is 4.56. The van der Waals surface area contributed by atoms with E-state index in [1.807, 2.05) is 0 Å². The van der Waals surface area contributed by atoms with Crippen LogP contribution in [0.3, 0.4) is 0 Å². The van der Waals surface area contributed by atoms with Gasteiger partial charge >= 0.3 is 0 Å². The van der Waals surface area contributed by atoms with E-state index in [2.05, 4.69) is 30.7 Å². The minimum Gasteiger partial charge on any atom is -0.372 e. The Labute approximate surface area is 92.3 Å². The highest BCUT2D eigenvalue weighted by molar-refractivity contribution is 5.40. The van der Waals surface area contributed by atoms with Gasteiger partial charge in [-0.15, -0.1) is 0 Å². The van der Waals surface area contributed by atoms with Crippen molar-refractivity contribution < 1.29 is 4.52 Å². The Morgan fingerprint density at radius 3 is 2.75 bits per heavy atom. The predicted molar refractivity (Wildman–Crippen MR) is 57.9 cm³/mol. The summed E-state index contributed by atoms with van der Waals surface area (Å²) >= 11 is 0. The zero-order valence-corrected chi connectivity index (χ0v) is 9.06. The Morgan fingerprint density at radius 2 is 2.06 bits per heavy atom. The second-order valence-electron chi connectivity index (χ2n) is 3.12. The van der Waals surface area contributed by atoms with Crippen molar-refractivity contribution in [1.29, 1.82) is 0 Å². The molecular formula is C9H12N6O. The number of nitrogens with one attached hydrogen (secondary N) is 2. The fraction of sp³-hybridized carbons (Fsp3) is 0.333. The Bertz CT molecular complexity index is 469. The molecule has 2 heterocycles. The maximum Gasteiger partial charge on any atom is 0.223 e. The van der Waals surface area contributed by atoms with Crippen molar-refractivity contribution >= 4 is 11.6 Å². The van der Waals surface area contributed by atoms with Crippen molar-refractivity contribution in [2.75, 3.05) is 17.7 Å². The van der Waals surface area contributed by atoms with E-state index in [1.165, 1.54) is 0 Å². The van der Waals surface area contributed by atoms with Gasteiger partial charge in [-0.1, -0.05) is 5.16 Å². The summed E-state index contributed by atoms with van der Waals surface area (Å²) in [7, 11) is 1.79. The Kier molecular flexibility index (Phi) is 2.95. The Balaban J connectivity index is 1.99. The van der Waals surface area contributed by atoms with Gasteiger partial charge in [0, 0.05) is 14.0 Å². The highest BCUT2D eigenvalue weighted by atomic mass is 16.5. The number of aryl methyl sites for hydroxylation is 1. The molecule has 84 valence electrons. The maximum absolute atomic E-state index is 4.85. The molecule has 0 unspecified atom stereocenters. The van der Waals surface area contributed by atoms with Gasteiger partial charge in [0.1, 0.15) is 11.6 Å². The van der Waals surface area contributed by atoms with Crippen LogP contribution in [0.5, 0.6) is 0 Å². The molecule has 0 aromatic carbocycles. The van der Waals surface area contributed by atoms with Crippen LogP contribution in [0.1, 0.15) is 11.7 Å². The van der Waals surface area contributed by atoms with Crippen LogP contribution in [-0.2, 0) is 6.54 Å². The van der Waals surface area contributed by atoms with Crippen LogP contribution in [0.2, 0.25) is 0 Å². The second-order valence-corrected chi connectivity index (χ2v) is 3.12. The third-order valence-corrected chi connectivity index (χ3v) is 1.89. The van der Waals surface area contributed by atoms with Crippen LogP contribution >= 0.6 is 0 Å². The SMILES string of the molecule is CNc1cncc(NCc2noc(C)n2)n1. The smallest absolute Gasteiger partial charge is 0.223 e. The molecule has 0 atom stereocenters. The Hall–Kier alpha value is -2.18. The molecule has 0 amide bonds. The van der Waals surface area contributed by atoms with Gasteiger partial charge < -0.3 is 15.2 Å². The molecule has 7 heteroatoms. The van der Waals surface area contributed by atoms with Gasteiger partial charge in [-0.25, -0.2) is 4.98 Å². The van der Waals surface area contributed by atoms with Crippen LogP contribution in [0.25, 0.3) is 0 Å². The summed E-state index contributed by atoms with van der Waals surface area (Å²) in [6.07, 6.45) is 3.28. The average molecular weight is 220 g/mol. The molecule has 0 fully saturated rings. The first kappa shape index (κ1) is 10.3. The van der Waals surface area contributed by atoms with Crippen molar-refractivity contribution in [3.05, 3.63) is 24.1 Å².